The van der Waals surface area contributed by atoms with Gasteiger partial charge in [0.15, 0.2) is 0 Å². The van der Waals surface area contributed by atoms with E-state index in [0.717, 1.165) is 18.4 Å². The number of hydrogen-bond donors (Lipinski definition) is 2. The third-order valence-electron chi connectivity index (χ3n) is 4.49. The van der Waals surface area contributed by atoms with Gasteiger partial charge in [-0.05, 0) is 35.4 Å². The minimum absolute atomic E-state index is 0.0435. The third-order valence-corrected chi connectivity index (χ3v) is 4.49. The Hall–Kier alpha value is -1.84. The van der Waals surface area contributed by atoms with E-state index in [4.69, 9.17) is 0 Å². The molecular weight excluding hydrogens is 300 g/mol. The van der Waals surface area contributed by atoms with Crippen LogP contribution >= 0.6 is 0 Å². The van der Waals surface area contributed by atoms with Crippen molar-refractivity contribution >= 4 is 11.8 Å². The Bertz CT molecular complexity index is 530. The molecule has 0 saturated heterocycles. The van der Waals surface area contributed by atoms with Crippen LogP contribution in [0.3, 0.4) is 0 Å². The van der Waals surface area contributed by atoms with E-state index in [1.54, 1.807) is 12.1 Å². The Kier molecular flexibility index (Phi) is 7.96. The third kappa shape index (κ3) is 7.16. The second kappa shape index (κ2) is 9.45. The monoisotopic (exact) mass is 332 g/mol. The second-order valence-corrected chi connectivity index (χ2v) is 7.55. The fraction of sp³-hybridized carbons (Fsp3) is 0.600. The van der Waals surface area contributed by atoms with Crippen molar-refractivity contribution < 1.29 is 9.59 Å². The average molecular weight is 332 g/mol. The zero-order valence-electron chi connectivity index (χ0n) is 15.7. The Morgan fingerprint density at radius 3 is 2.25 bits per heavy atom. The molecule has 0 saturated carbocycles. The Labute approximate surface area is 146 Å². The van der Waals surface area contributed by atoms with E-state index in [-0.39, 0.29) is 17.2 Å². The van der Waals surface area contributed by atoms with E-state index in [1.165, 1.54) is 0 Å². The molecule has 1 rings (SSSR count). The zero-order valence-corrected chi connectivity index (χ0v) is 15.7. The highest BCUT2D eigenvalue weighted by Crippen LogP contribution is 2.27. The van der Waals surface area contributed by atoms with Crippen LogP contribution in [-0.2, 0) is 11.3 Å². The van der Waals surface area contributed by atoms with Gasteiger partial charge < -0.3 is 10.6 Å². The Morgan fingerprint density at radius 1 is 1.08 bits per heavy atom. The molecule has 134 valence electrons. The topological polar surface area (TPSA) is 58.2 Å². The predicted octanol–water partition coefficient (Wildman–Crippen LogP) is 3.91. The average Bonchev–Trinajstić information content (AvgIpc) is 2.52. The summed E-state index contributed by atoms with van der Waals surface area (Å²) in [7, 11) is 0. The number of hydrogen-bond acceptors (Lipinski definition) is 2. The summed E-state index contributed by atoms with van der Waals surface area (Å²) < 4.78 is 0. The smallest absolute Gasteiger partial charge is 0.251 e. The first-order valence-corrected chi connectivity index (χ1v) is 8.88. The molecule has 1 atom stereocenters. The first kappa shape index (κ1) is 20.2. The molecule has 0 aliphatic heterocycles. The standard InChI is InChI=1S/C20H32N2O2/c1-6-7-12-21-19(24)17-10-8-16(9-11-17)14-22-18(23)13-15(2)20(3,4)5/h8-11,15H,6-7,12-14H2,1-5H3,(H,21,24)(H,22,23). The lowest BCUT2D eigenvalue weighted by atomic mass is 9.80. The van der Waals surface area contributed by atoms with Crippen LogP contribution in [0.5, 0.6) is 0 Å². The molecule has 0 aromatic heterocycles. The van der Waals surface area contributed by atoms with Gasteiger partial charge in [0.1, 0.15) is 0 Å². The summed E-state index contributed by atoms with van der Waals surface area (Å²) in [6.07, 6.45) is 2.58. The van der Waals surface area contributed by atoms with Crippen molar-refractivity contribution in [2.75, 3.05) is 6.54 Å². The molecule has 0 aliphatic carbocycles. The number of amides is 2. The van der Waals surface area contributed by atoms with Gasteiger partial charge in [-0.15, -0.1) is 0 Å². The lowest BCUT2D eigenvalue weighted by Gasteiger charge is -2.26. The number of unbranched alkanes of at least 4 members (excludes halogenated alkanes) is 1. The summed E-state index contributed by atoms with van der Waals surface area (Å²) in [5.74, 6) is 0.351. The fourth-order valence-corrected chi connectivity index (χ4v) is 2.11. The molecule has 0 aliphatic rings. The van der Waals surface area contributed by atoms with Crippen molar-refractivity contribution in [3.8, 4) is 0 Å². The van der Waals surface area contributed by atoms with Crippen LogP contribution in [0.25, 0.3) is 0 Å². The van der Waals surface area contributed by atoms with E-state index in [0.29, 0.717) is 31.0 Å². The van der Waals surface area contributed by atoms with Crippen LogP contribution in [-0.4, -0.2) is 18.4 Å². The molecule has 1 aromatic rings. The van der Waals surface area contributed by atoms with Crippen molar-refractivity contribution in [1.29, 1.82) is 0 Å². The minimum atomic E-state index is -0.0435. The van der Waals surface area contributed by atoms with Crippen molar-refractivity contribution in [2.45, 2.75) is 60.4 Å². The molecule has 0 heterocycles. The lowest BCUT2D eigenvalue weighted by Crippen LogP contribution is -2.28. The normalized spacial score (nSPS) is 12.5. The molecule has 4 nitrogen and oxygen atoms in total. The molecular formula is C20H32N2O2. The maximum Gasteiger partial charge on any atom is 0.251 e. The van der Waals surface area contributed by atoms with Gasteiger partial charge >= 0.3 is 0 Å². The highest BCUT2D eigenvalue weighted by molar-refractivity contribution is 5.94. The molecule has 0 fully saturated rings. The maximum atomic E-state index is 12.0. The highest BCUT2D eigenvalue weighted by atomic mass is 16.2. The van der Waals surface area contributed by atoms with Crippen molar-refractivity contribution in [1.82, 2.24) is 10.6 Å². The summed E-state index contributed by atoms with van der Waals surface area (Å²) in [5, 5.41) is 5.85. The Morgan fingerprint density at radius 2 is 1.71 bits per heavy atom. The maximum absolute atomic E-state index is 12.0. The van der Waals surface area contributed by atoms with Gasteiger partial charge in [0.05, 0.1) is 0 Å². The largest absolute Gasteiger partial charge is 0.352 e. The molecule has 1 aromatic carbocycles. The molecule has 4 heteroatoms. The number of carbonyl (C=O) groups excluding carboxylic acids is 2. The number of benzene rings is 1. The van der Waals surface area contributed by atoms with E-state index < -0.39 is 0 Å². The molecule has 0 bridgehead atoms. The Balaban J connectivity index is 2.44. The first-order chi connectivity index (χ1) is 11.2. The minimum Gasteiger partial charge on any atom is -0.352 e. The molecule has 1 unspecified atom stereocenters. The molecule has 24 heavy (non-hydrogen) atoms. The van der Waals surface area contributed by atoms with Crippen molar-refractivity contribution in [2.24, 2.45) is 11.3 Å². The van der Waals surface area contributed by atoms with Gasteiger partial charge in [-0.25, -0.2) is 0 Å². The fourth-order valence-electron chi connectivity index (χ4n) is 2.11. The van der Waals surface area contributed by atoms with Gasteiger partial charge in [0.25, 0.3) is 5.91 Å². The van der Waals surface area contributed by atoms with E-state index >= 15 is 0 Å². The summed E-state index contributed by atoms with van der Waals surface area (Å²) in [4.78, 5) is 24.0. The van der Waals surface area contributed by atoms with Crippen LogP contribution in [0.2, 0.25) is 0 Å². The second-order valence-electron chi connectivity index (χ2n) is 7.55. The van der Waals surface area contributed by atoms with Crippen LogP contribution in [0.1, 0.15) is 69.8 Å². The van der Waals surface area contributed by atoms with Crippen molar-refractivity contribution in [3.05, 3.63) is 35.4 Å². The summed E-state index contributed by atoms with van der Waals surface area (Å²) >= 11 is 0. The van der Waals surface area contributed by atoms with Gasteiger partial charge in [-0.3, -0.25) is 9.59 Å². The van der Waals surface area contributed by atoms with Gasteiger partial charge in [0.2, 0.25) is 5.91 Å². The van der Waals surface area contributed by atoms with E-state index in [1.807, 2.05) is 12.1 Å². The number of nitrogens with one attached hydrogen (secondary N) is 2. The first-order valence-electron chi connectivity index (χ1n) is 8.88. The van der Waals surface area contributed by atoms with Gasteiger partial charge in [-0.1, -0.05) is 53.2 Å². The van der Waals surface area contributed by atoms with Crippen LogP contribution in [0.15, 0.2) is 24.3 Å². The van der Waals surface area contributed by atoms with Crippen molar-refractivity contribution in [3.63, 3.8) is 0 Å². The molecule has 2 N–H and O–H groups in total. The predicted molar refractivity (Wildman–Crippen MR) is 98.8 cm³/mol. The van der Waals surface area contributed by atoms with Crippen LogP contribution in [0.4, 0.5) is 0 Å². The highest BCUT2D eigenvalue weighted by Gasteiger charge is 2.22. The number of carbonyl (C=O) groups is 2. The lowest BCUT2D eigenvalue weighted by molar-refractivity contribution is -0.122. The molecule has 0 radical (unpaired) electrons. The summed E-state index contributed by atoms with van der Waals surface area (Å²) in [5.41, 5.74) is 1.78. The van der Waals surface area contributed by atoms with Gasteiger partial charge in [0, 0.05) is 25.1 Å². The van der Waals surface area contributed by atoms with E-state index in [9.17, 15) is 9.59 Å². The summed E-state index contributed by atoms with van der Waals surface area (Å²) in [6.45, 7) is 11.8. The number of rotatable bonds is 8. The van der Waals surface area contributed by atoms with Crippen LogP contribution < -0.4 is 10.6 Å². The molecule has 2 amide bonds. The zero-order chi connectivity index (χ0) is 18.2. The quantitative estimate of drug-likeness (QED) is 0.709. The SMILES string of the molecule is CCCCNC(=O)c1ccc(CNC(=O)CC(C)C(C)(C)C)cc1. The molecule has 0 spiro atoms. The van der Waals surface area contributed by atoms with Gasteiger partial charge in [-0.2, -0.15) is 0 Å². The van der Waals surface area contributed by atoms with Crippen LogP contribution in [0, 0.1) is 11.3 Å². The van der Waals surface area contributed by atoms with E-state index in [2.05, 4.69) is 45.3 Å². The summed E-state index contributed by atoms with van der Waals surface area (Å²) in [6, 6.07) is 7.39.